The first-order valence-corrected chi connectivity index (χ1v) is 8.48. The standard InChI is InChI=1S/C16H20ClN3OS/c1-10(2)15-19-18-14(22-15)9-20(16(21)12(4)17)13-8-6-5-7-11(13)3/h5-8,10,12H,9H2,1-4H3. The summed E-state index contributed by atoms with van der Waals surface area (Å²) >= 11 is 7.56. The molecule has 0 aliphatic rings. The monoisotopic (exact) mass is 337 g/mol. The highest BCUT2D eigenvalue weighted by Crippen LogP contribution is 2.26. The molecule has 22 heavy (non-hydrogen) atoms. The van der Waals surface area contributed by atoms with Crippen LogP contribution in [0.4, 0.5) is 5.69 Å². The topological polar surface area (TPSA) is 46.1 Å². The Morgan fingerprint density at radius 3 is 2.50 bits per heavy atom. The Labute approximate surface area is 140 Å². The van der Waals surface area contributed by atoms with E-state index in [1.807, 2.05) is 31.2 Å². The van der Waals surface area contributed by atoms with Crippen molar-refractivity contribution < 1.29 is 4.79 Å². The average molecular weight is 338 g/mol. The molecule has 1 unspecified atom stereocenters. The van der Waals surface area contributed by atoms with Crippen LogP contribution in [0.2, 0.25) is 0 Å². The number of hydrogen-bond donors (Lipinski definition) is 0. The van der Waals surface area contributed by atoms with E-state index in [0.717, 1.165) is 21.3 Å². The maximum absolute atomic E-state index is 12.5. The Morgan fingerprint density at radius 1 is 1.27 bits per heavy atom. The SMILES string of the molecule is Cc1ccccc1N(Cc1nnc(C(C)C)s1)C(=O)C(C)Cl. The van der Waals surface area contributed by atoms with Gasteiger partial charge in [-0.3, -0.25) is 4.79 Å². The zero-order valence-electron chi connectivity index (χ0n) is 13.2. The smallest absolute Gasteiger partial charge is 0.245 e. The highest BCUT2D eigenvalue weighted by Gasteiger charge is 2.23. The van der Waals surface area contributed by atoms with Crippen molar-refractivity contribution in [1.82, 2.24) is 10.2 Å². The molecule has 1 heterocycles. The predicted molar refractivity (Wildman–Crippen MR) is 91.7 cm³/mol. The molecule has 1 aromatic heterocycles. The quantitative estimate of drug-likeness (QED) is 0.770. The van der Waals surface area contributed by atoms with Gasteiger partial charge in [-0.2, -0.15) is 0 Å². The van der Waals surface area contributed by atoms with Crippen molar-refractivity contribution in [2.45, 2.75) is 45.5 Å². The molecule has 4 nitrogen and oxygen atoms in total. The van der Waals surface area contributed by atoms with Gasteiger partial charge in [-0.15, -0.1) is 21.8 Å². The lowest BCUT2D eigenvalue weighted by Crippen LogP contribution is -2.35. The number of rotatable bonds is 5. The number of carbonyl (C=O) groups excluding carboxylic acids is 1. The van der Waals surface area contributed by atoms with Crippen LogP contribution in [0, 0.1) is 6.92 Å². The number of carbonyl (C=O) groups is 1. The molecule has 0 spiro atoms. The summed E-state index contributed by atoms with van der Waals surface area (Å²) in [5.74, 6) is 0.207. The fourth-order valence-corrected chi connectivity index (χ4v) is 3.01. The van der Waals surface area contributed by atoms with Crippen LogP contribution >= 0.6 is 22.9 Å². The van der Waals surface area contributed by atoms with Gasteiger partial charge in [0.15, 0.2) is 0 Å². The molecule has 1 atom stereocenters. The van der Waals surface area contributed by atoms with Crippen molar-refractivity contribution in [3.63, 3.8) is 0 Å². The molecule has 0 radical (unpaired) electrons. The number of halogens is 1. The van der Waals surface area contributed by atoms with E-state index in [0.29, 0.717) is 12.5 Å². The molecule has 0 saturated heterocycles. The number of anilines is 1. The number of para-hydroxylation sites is 1. The van der Waals surface area contributed by atoms with E-state index < -0.39 is 5.38 Å². The van der Waals surface area contributed by atoms with E-state index in [-0.39, 0.29) is 5.91 Å². The highest BCUT2D eigenvalue weighted by atomic mass is 35.5. The molecule has 0 N–H and O–H groups in total. The van der Waals surface area contributed by atoms with E-state index in [9.17, 15) is 4.79 Å². The number of alkyl halides is 1. The number of aryl methyl sites for hydroxylation is 1. The summed E-state index contributed by atoms with van der Waals surface area (Å²) in [7, 11) is 0. The van der Waals surface area contributed by atoms with E-state index in [4.69, 9.17) is 11.6 Å². The van der Waals surface area contributed by atoms with Gasteiger partial charge < -0.3 is 4.90 Å². The minimum absolute atomic E-state index is 0.128. The fraction of sp³-hybridized carbons (Fsp3) is 0.438. The summed E-state index contributed by atoms with van der Waals surface area (Å²) in [6.07, 6.45) is 0. The highest BCUT2D eigenvalue weighted by molar-refractivity contribution is 7.11. The van der Waals surface area contributed by atoms with Gasteiger partial charge >= 0.3 is 0 Å². The van der Waals surface area contributed by atoms with Gasteiger partial charge in [-0.05, 0) is 25.5 Å². The minimum atomic E-state index is -0.586. The van der Waals surface area contributed by atoms with Crippen LogP contribution in [0.3, 0.4) is 0 Å². The van der Waals surface area contributed by atoms with Crippen LogP contribution < -0.4 is 4.90 Å². The van der Waals surface area contributed by atoms with Gasteiger partial charge in [-0.25, -0.2) is 0 Å². The molecule has 2 rings (SSSR count). The van der Waals surface area contributed by atoms with Gasteiger partial charge in [-0.1, -0.05) is 43.4 Å². The first-order valence-electron chi connectivity index (χ1n) is 7.23. The Hall–Kier alpha value is -1.46. The summed E-state index contributed by atoms with van der Waals surface area (Å²) in [4.78, 5) is 14.2. The predicted octanol–water partition coefficient (Wildman–Crippen LogP) is 4.13. The summed E-state index contributed by atoms with van der Waals surface area (Å²) in [5.41, 5.74) is 1.89. The van der Waals surface area contributed by atoms with Crippen LogP contribution in [0.1, 0.15) is 42.3 Å². The van der Waals surface area contributed by atoms with E-state index in [1.54, 1.807) is 11.8 Å². The van der Waals surface area contributed by atoms with Crippen LogP contribution in [0.25, 0.3) is 0 Å². The van der Waals surface area contributed by atoms with E-state index in [1.165, 1.54) is 11.3 Å². The average Bonchev–Trinajstić information content (AvgIpc) is 2.93. The van der Waals surface area contributed by atoms with Crippen molar-refractivity contribution in [2.75, 3.05) is 4.90 Å². The third-order valence-corrected chi connectivity index (χ3v) is 4.68. The normalized spacial score (nSPS) is 12.5. The molecular weight excluding hydrogens is 318 g/mol. The van der Waals surface area contributed by atoms with Gasteiger partial charge in [0.2, 0.25) is 5.91 Å². The van der Waals surface area contributed by atoms with Crippen LogP contribution in [0.15, 0.2) is 24.3 Å². The molecule has 1 aromatic carbocycles. The van der Waals surface area contributed by atoms with Crippen molar-refractivity contribution in [3.8, 4) is 0 Å². The molecule has 0 bridgehead atoms. The molecule has 0 saturated carbocycles. The first kappa shape index (κ1) is 16.9. The lowest BCUT2D eigenvalue weighted by Gasteiger charge is -2.24. The second-order valence-electron chi connectivity index (χ2n) is 5.52. The summed E-state index contributed by atoms with van der Waals surface area (Å²) in [5, 5.41) is 9.60. The number of benzene rings is 1. The molecule has 1 amide bonds. The van der Waals surface area contributed by atoms with Gasteiger partial charge in [0.05, 0.1) is 6.54 Å². The largest absolute Gasteiger partial charge is 0.304 e. The first-order chi connectivity index (χ1) is 10.4. The summed E-state index contributed by atoms with van der Waals surface area (Å²) in [6, 6.07) is 7.78. The van der Waals surface area contributed by atoms with E-state index in [2.05, 4.69) is 24.0 Å². The van der Waals surface area contributed by atoms with Crippen LogP contribution in [-0.4, -0.2) is 21.5 Å². The van der Waals surface area contributed by atoms with Crippen molar-refractivity contribution in [2.24, 2.45) is 0 Å². The van der Waals surface area contributed by atoms with Crippen LogP contribution in [0.5, 0.6) is 0 Å². The molecule has 6 heteroatoms. The van der Waals surface area contributed by atoms with Crippen molar-refractivity contribution in [1.29, 1.82) is 0 Å². The number of hydrogen-bond acceptors (Lipinski definition) is 4. The summed E-state index contributed by atoms with van der Waals surface area (Å²) < 4.78 is 0. The maximum atomic E-state index is 12.5. The summed E-state index contributed by atoms with van der Waals surface area (Å²) in [6.45, 7) is 8.22. The lowest BCUT2D eigenvalue weighted by molar-refractivity contribution is -0.118. The third kappa shape index (κ3) is 3.84. The Bertz CT molecular complexity index is 654. The molecular formula is C16H20ClN3OS. The van der Waals surface area contributed by atoms with Gasteiger partial charge in [0, 0.05) is 11.6 Å². The molecule has 2 aromatic rings. The van der Waals surface area contributed by atoms with Gasteiger partial charge in [0.1, 0.15) is 15.4 Å². The fourth-order valence-electron chi connectivity index (χ4n) is 2.06. The molecule has 118 valence electrons. The Balaban J connectivity index is 2.32. The van der Waals surface area contributed by atoms with Crippen LogP contribution in [-0.2, 0) is 11.3 Å². The zero-order chi connectivity index (χ0) is 16.3. The zero-order valence-corrected chi connectivity index (χ0v) is 14.8. The lowest BCUT2D eigenvalue weighted by atomic mass is 10.1. The Kier molecular flexibility index (Phi) is 5.53. The molecule has 0 aliphatic carbocycles. The second kappa shape index (κ2) is 7.20. The Morgan fingerprint density at radius 2 is 1.95 bits per heavy atom. The van der Waals surface area contributed by atoms with Crippen molar-refractivity contribution in [3.05, 3.63) is 39.8 Å². The second-order valence-corrected chi connectivity index (χ2v) is 7.26. The minimum Gasteiger partial charge on any atom is -0.304 e. The van der Waals surface area contributed by atoms with Gasteiger partial charge in [0.25, 0.3) is 0 Å². The van der Waals surface area contributed by atoms with E-state index >= 15 is 0 Å². The number of nitrogens with zero attached hydrogens (tertiary/aromatic N) is 3. The van der Waals surface area contributed by atoms with Crippen molar-refractivity contribution >= 4 is 34.5 Å². The maximum Gasteiger partial charge on any atom is 0.245 e. The number of amides is 1. The number of aromatic nitrogens is 2. The molecule has 0 fully saturated rings. The third-order valence-electron chi connectivity index (χ3n) is 3.28. The molecule has 0 aliphatic heterocycles.